The van der Waals surface area contributed by atoms with Crippen LogP contribution in [0.25, 0.3) is 6.08 Å². The zero-order valence-corrected chi connectivity index (χ0v) is 16.5. The number of halogens is 1. The minimum atomic E-state index is -0.654. The molecule has 2 aromatic rings. The normalized spacial score (nSPS) is 16.2. The first-order valence-electron chi connectivity index (χ1n) is 8.75. The Bertz CT molecular complexity index is 1020. The summed E-state index contributed by atoms with van der Waals surface area (Å²) in [6, 6.07) is 10.7. The van der Waals surface area contributed by atoms with Gasteiger partial charge in [-0.1, -0.05) is 23.7 Å². The number of benzene rings is 2. The first kappa shape index (κ1) is 20.2. The maximum atomic E-state index is 12.3. The molecule has 2 aromatic carbocycles. The average Bonchev–Trinajstić information content (AvgIpc) is 2.92. The number of rotatable bonds is 4. The molecule has 0 aliphatic carbocycles. The molecule has 29 heavy (non-hydrogen) atoms. The van der Waals surface area contributed by atoms with Gasteiger partial charge in [0.25, 0.3) is 5.91 Å². The van der Waals surface area contributed by atoms with Gasteiger partial charge in [0.1, 0.15) is 5.70 Å². The van der Waals surface area contributed by atoms with Gasteiger partial charge in [-0.2, -0.15) is 4.99 Å². The Morgan fingerprint density at radius 1 is 1.34 bits per heavy atom. The minimum absolute atomic E-state index is 0.0122. The molecule has 1 heterocycles. The molecular weight excluding hydrogens is 396 g/mol. The van der Waals surface area contributed by atoms with Crippen molar-refractivity contribution >= 4 is 41.3 Å². The van der Waals surface area contributed by atoms with Crippen LogP contribution in [0.4, 0.5) is 10.5 Å². The third-order valence-electron chi connectivity index (χ3n) is 4.01. The van der Waals surface area contributed by atoms with Crippen molar-refractivity contribution in [3.8, 4) is 11.5 Å². The van der Waals surface area contributed by atoms with Gasteiger partial charge >= 0.3 is 6.03 Å². The summed E-state index contributed by atoms with van der Waals surface area (Å²) in [6.07, 6.45) is 1.61. The lowest BCUT2D eigenvalue weighted by atomic mass is 10.1. The number of aliphatic imine (C=N–C) groups is 1. The lowest BCUT2D eigenvalue weighted by molar-refractivity contribution is -0.115. The number of guanidine groups is 1. The highest BCUT2D eigenvalue weighted by Gasteiger charge is 2.29. The van der Waals surface area contributed by atoms with E-state index in [1.54, 1.807) is 56.4 Å². The van der Waals surface area contributed by atoms with E-state index in [0.29, 0.717) is 28.6 Å². The number of phenolic OH excluding ortho intramolecular Hbond substituents is 1. The molecule has 3 N–H and O–H groups in total. The Hall–Kier alpha value is -3.52. The average molecular weight is 415 g/mol. The van der Waals surface area contributed by atoms with Crippen molar-refractivity contribution in [2.45, 2.75) is 6.92 Å². The quantitative estimate of drug-likeness (QED) is 0.665. The van der Waals surface area contributed by atoms with Gasteiger partial charge in [0, 0.05) is 17.8 Å². The number of phenols is 1. The van der Waals surface area contributed by atoms with E-state index in [-0.39, 0.29) is 17.4 Å². The number of urea groups is 1. The number of hydrogen-bond donors (Lipinski definition) is 3. The predicted molar refractivity (Wildman–Crippen MR) is 111 cm³/mol. The molecule has 1 saturated heterocycles. The number of aromatic hydroxyl groups is 1. The van der Waals surface area contributed by atoms with Crippen LogP contribution < -0.4 is 15.4 Å². The maximum Gasteiger partial charge on any atom is 0.348 e. The van der Waals surface area contributed by atoms with E-state index < -0.39 is 11.9 Å². The van der Waals surface area contributed by atoms with Crippen LogP contribution in [0, 0.1) is 0 Å². The summed E-state index contributed by atoms with van der Waals surface area (Å²) in [5.41, 5.74) is 1.42. The number of nitrogens with one attached hydrogen (secondary N) is 2. The summed E-state index contributed by atoms with van der Waals surface area (Å²) in [5.74, 6) is 0.00768. The number of likely N-dealkylation sites (N-methyl/N-ethyl adjacent to an activating group) is 1. The van der Waals surface area contributed by atoms with E-state index >= 15 is 0 Å². The van der Waals surface area contributed by atoms with E-state index in [2.05, 4.69) is 15.6 Å². The number of nitrogens with zero attached hydrogens (tertiary/aromatic N) is 2. The van der Waals surface area contributed by atoms with Crippen molar-refractivity contribution in [3.63, 3.8) is 0 Å². The molecule has 0 atom stereocenters. The Balaban J connectivity index is 1.79. The van der Waals surface area contributed by atoms with Crippen LogP contribution in [-0.4, -0.2) is 41.6 Å². The molecule has 0 saturated carbocycles. The molecule has 1 fully saturated rings. The second-order valence-corrected chi connectivity index (χ2v) is 6.52. The van der Waals surface area contributed by atoms with Crippen molar-refractivity contribution in [3.05, 3.63) is 58.7 Å². The van der Waals surface area contributed by atoms with Crippen LogP contribution in [0.3, 0.4) is 0 Å². The van der Waals surface area contributed by atoms with Crippen molar-refractivity contribution < 1.29 is 19.4 Å². The van der Waals surface area contributed by atoms with Gasteiger partial charge in [-0.15, -0.1) is 0 Å². The van der Waals surface area contributed by atoms with Gasteiger partial charge in [-0.3, -0.25) is 10.1 Å². The maximum absolute atomic E-state index is 12.3. The van der Waals surface area contributed by atoms with E-state index in [9.17, 15) is 14.7 Å². The molecule has 3 amide bonds. The summed E-state index contributed by atoms with van der Waals surface area (Å²) >= 11 is 5.89. The fraction of sp³-hybridized carbons (Fsp3) is 0.150. The van der Waals surface area contributed by atoms with Crippen LogP contribution in [0.2, 0.25) is 5.02 Å². The molecule has 9 heteroatoms. The number of carbonyl (C=O) groups is 2. The van der Waals surface area contributed by atoms with Gasteiger partial charge in [0.05, 0.1) is 6.61 Å². The second kappa shape index (κ2) is 8.66. The lowest BCUT2D eigenvalue weighted by Gasteiger charge is -2.11. The molecule has 0 spiro atoms. The predicted octanol–water partition coefficient (Wildman–Crippen LogP) is 3.43. The Labute approximate surface area is 172 Å². The molecule has 0 unspecified atom stereocenters. The molecular formula is C20H19ClN4O4. The van der Waals surface area contributed by atoms with Gasteiger partial charge in [0.15, 0.2) is 11.5 Å². The van der Waals surface area contributed by atoms with Crippen molar-refractivity contribution in [1.29, 1.82) is 0 Å². The standard InChI is InChI=1S/C20H19ClN4O4/c1-3-29-17-10-12(7-8-16(17)26)9-15-18(27)23-19(25(15)2)24-20(28)22-14-6-4-5-13(21)11-14/h4-11,26H,3H2,1-2H3,(H2,22,23,24,27,28). The molecule has 8 nitrogen and oxygen atoms in total. The fourth-order valence-electron chi connectivity index (χ4n) is 2.64. The molecule has 1 aliphatic heterocycles. The van der Waals surface area contributed by atoms with Crippen LogP contribution in [0.1, 0.15) is 12.5 Å². The summed E-state index contributed by atoms with van der Waals surface area (Å²) in [5, 5.41) is 15.4. The summed E-state index contributed by atoms with van der Waals surface area (Å²) in [7, 11) is 1.61. The summed E-state index contributed by atoms with van der Waals surface area (Å²) in [4.78, 5) is 29.9. The molecule has 0 aromatic heterocycles. The number of carbonyl (C=O) groups excluding carboxylic acids is 2. The van der Waals surface area contributed by atoms with Crippen molar-refractivity contribution in [1.82, 2.24) is 10.2 Å². The van der Waals surface area contributed by atoms with E-state index in [0.717, 1.165) is 0 Å². The Morgan fingerprint density at radius 3 is 2.86 bits per heavy atom. The monoisotopic (exact) mass is 414 g/mol. The molecule has 0 bridgehead atoms. The van der Waals surface area contributed by atoms with Gasteiger partial charge in [-0.25, -0.2) is 4.79 Å². The van der Waals surface area contributed by atoms with Crippen molar-refractivity contribution in [2.24, 2.45) is 4.99 Å². The Morgan fingerprint density at radius 2 is 2.14 bits per heavy atom. The van der Waals surface area contributed by atoms with E-state index in [1.165, 1.54) is 11.0 Å². The van der Waals surface area contributed by atoms with E-state index in [1.807, 2.05) is 0 Å². The largest absolute Gasteiger partial charge is 0.504 e. The number of amides is 3. The van der Waals surface area contributed by atoms with Crippen LogP contribution in [-0.2, 0) is 4.79 Å². The molecule has 150 valence electrons. The number of anilines is 1. The fourth-order valence-corrected chi connectivity index (χ4v) is 2.83. The zero-order chi connectivity index (χ0) is 21.0. The summed E-state index contributed by atoms with van der Waals surface area (Å²) in [6.45, 7) is 2.20. The van der Waals surface area contributed by atoms with Gasteiger partial charge < -0.3 is 20.1 Å². The van der Waals surface area contributed by atoms with Crippen LogP contribution in [0.15, 0.2) is 53.2 Å². The van der Waals surface area contributed by atoms with Crippen molar-refractivity contribution in [2.75, 3.05) is 19.0 Å². The van der Waals surface area contributed by atoms with Gasteiger partial charge in [-0.05, 0) is 48.9 Å². The van der Waals surface area contributed by atoms with Crippen LogP contribution in [0.5, 0.6) is 11.5 Å². The van der Waals surface area contributed by atoms with Crippen LogP contribution >= 0.6 is 11.6 Å². The first-order chi connectivity index (χ1) is 13.9. The highest BCUT2D eigenvalue weighted by atomic mass is 35.5. The molecule has 1 aliphatic rings. The molecule has 0 radical (unpaired) electrons. The topological polar surface area (TPSA) is 103 Å². The Kier molecular flexibility index (Phi) is 6.04. The highest BCUT2D eigenvalue weighted by molar-refractivity contribution is 6.30. The third-order valence-corrected chi connectivity index (χ3v) is 4.24. The first-order valence-corrected chi connectivity index (χ1v) is 9.13. The molecule has 3 rings (SSSR count). The highest BCUT2D eigenvalue weighted by Crippen LogP contribution is 2.28. The number of ether oxygens (including phenoxy) is 1. The minimum Gasteiger partial charge on any atom is -0.504 e. The SMILES string of the molecule is CCOc1cc(C=C2C(=O)NC(=NC(=O)Nc3cccc(Cl)c3)N2C)ccc1O. The smallest absolute Gasteiger partial charge is 0.348 e. The number of hydrogen-bond acceptors (Lipinski definition) is 4. The second-order valence-electron chi connectivity index (χ2n) is 6.08. The van der Waals surface area contributed by atoms with E-state index in [4.69, 9.17) is 16.3 Å². The third kappa shape index (κ3) is 4.85. The summed E-state index contributed by atoms with van der Waals surface area (Å²) < 4.78 is 5.35. The lowest BCUT2D eigenvalue weighted by Crippen LogP contribution is -2.29. The zero-order valence-electron chi connectivity index (χ0n) is 15.8. The van der Waals surface area contributed by atoms with Gasteiger partial charge in [0.2, 0.25) is 5.96 Å².